The molecule has 3 aliphatic rings. The Morgan fingerprint density at radius 3 is 2.41 bits per heavy atom. The first-order valence-electron chi connectivity index (χ1n) is 8.99. The molecular weight excluding hydrogens is 276 g/mol. The van der Waals surface area contributed by atoms with Crippen LogP contribution >= 0.6 is 0 Å². The molecule has 0 spiro atoms. The minimum atomic E-state index is 0.362. The van der Waals surface area contributed by atoms with E-state index >= 15 is 0 Å². The number of hydrogen-bond donors (Lipinski definition) is 2. The molecule has 5 heteroatoms. The number of piperazine rings is 1. The summed E-state index contributed by atoms with van der Waals surface area (Å²) in [4.78, 5) is 5.28. The lowest BCUT2D eigenvalue weighted by atomic mass is 9.94. The average molecular weight is 308 g/mol. The van der Waals surface area contributed by atoms with Gasteiger partial charge in [-0.25, -0.2) is 0 Å². The Labute approximate surface area is 134 Å². The molecule has 2 heterocycles. The van der Waals surface area contributed by atoms with Crippen LogP contribution in [0.25, 0.3) is 0 Å². The number of hydrogen-bond acceptors (Lipinski definition) is 5. The number of piperidine rings is 1. The summed E-state index contributed by atoms with van der Waals surface area (Å²) in [7, 11) is 0. The third-order valence-electron chi connectivity index (χ3n) is 5.54. The van der Waals surface area contributed by atoms with Gasteiger partial charge in [0.2, 0.25) is 0 Å². The lowest BCUT2D eigenvalue weighted by molar-refractivity contribution is 0.102. The molecule has 0 aromatic carbocycles. The van der Waals surface area contributed by atoms with Gasteiger partial charge < -0.3 is 19.9 Å². The van der Waals surface area contributed by atoms with Gasteiger partial charge in [0, 0.05) is 51.6 Å². The van der Waals surface area contributed by atoms with Gasteiger partial charge in [-0.1, -0.05) is 0 Å². The number of likely N-dealkylation sites (tertiary alicyclic amines) is 1. The minimum absolute atomic E-state index is 0.362. The summed E-state index contributed by atoms with van der Waals surface area (Å²) in [5.41, 5.74) is 0.369. The standard InChI is InChI=1S/C17H32N4O/c1-15(18)22-14-17(4-5-17)13-21-8-2-16(3-9-21)12-20-10-6-19-7-11-20/h16,18-19H,2-14H2,1H3. The van der Waals surface area contributed by atoms with Crippen LogP contribution in [0.15, 0.2) is 0 Å². The second kappa shape index (κ2) is 7.28. The van der Waals surface area contributed by atoms with Gasteiger partial charge in [0.15, 0.2) is 5.90 Å². The van der Waals surface area contributed by atoms with Gasteiger partial charge in [-0.15, -0.1) is 0 Å². The molecule has 0 aromatic heterocycles. The Hall–Kier alpha value is -0.650. The molecule has 0 unspecified atom stereocenters. The molecule has 2 saturated heterocycles. The number of nitrogens with one attached hydrogen (secondary N) is 2. The quantitative estimate of drug-likeness (QED) is 0.575. The first kappa shape index (κ1) is 16.2. The van der Waals surface area contributed by atoms with E-state index in [4.69, 9.17) is 10.1 Å². The number of rotatable bonds is 6. The van der Waals surface area contributed by atoms with Gasteiger partial charge in [-0.3, -0.25) is 5.41 Å². The molecule has 2 aliphatic heterocycles. The molecule has 0 aromatic rings. The Morgan fingerprint density at radius 1 is 1.14 bits per heavy atom. The van der Waals surface area contributed by atoms with E-state index in [1.807, 2.05) is 0 Å². The van der Waals surface area contributed by atoms with Crippen molar-refractivity contribution >= 4 is 5.90 Å². The molecule has 22 heavy (non-hydrogen) atoms. The summed E-state index contributed by atoms with van der Waals surface area (Å²) in [6, 6.07) is 0. The van der Waals surface area contributed by atoms with Crippen molar-refractivity contribution in [2.45, 2.75) is 32.6 Å². The highest BCUT2D eigenvalue weighted by Gasteiger charge is 2.45. The van der Waals surface area contributed by atoms with Crippen molar-refractivity contribution < 1.29 is 4.74 Å². The summed E-state index contributed by atoms with van der Waals surface area (Å²) in [6.45, 7) is 12.2. The summed E-state index contributed by atoms with van der Waals surface area (Å²) < 4.78 is 5.48. The van der Waals surface area contributed by atoms with Crippen molar-refractivity contribution in [2.75, 3.05) is 59.0 Å². The fourth-order valence-corrected chi connectivity index (χ4v) is 3.85. The third kappa shape index (κ3) is 4.67. The maximum Gasteiger partial charge on any atom is 0.177 e. The lowest BCUT2D eigenvalue weighted by Crippen LogP contribution is -2.47. The number of nitrogens with zero attached hydrogens (tertiary/aromatic N) is 2. The Morgan fingerprint density at radius 2 is 1.82 bits per heavy atom. The zero-order chi connectivity index (χ0) is 15.4. The Kier molecular flexibility index (Phi) is 5.37. The fraction of sp³-hybridized carbons (Fsp3) is 0.941. The van der Waals surface area contributed by atoms with Gasteiger partial charge in [0.05, 0.1) is 6.61 Å². The topological polar surface area (TPSA) is 51.6 Å². The van der Waals surface area contributed by atoms with Crippen LogP contribution in [0.2, 0.25) is 0 Å². The molecule has 5 nitrogen and oxygen atoms in total. The molecule has 0 radical (unpaired) electrons. The molecule has 0 atom stereocenters. The molecule has 0 amide bonds. The highest BCUT2D eigenvalue weighted by Crippen LogP contribution is 2.47. The maximum atomic E-state index is 7.43. The van der Waals surface area contributed by atoms with E-state index < -0.39 is 0 Å². The van der Waals surface area contributed by atoms with Gasteiger partial charge in [0.25, 0.3) is 0 Å². The van der Waals surface area contributed by atoms with Crippen LogP contribution in [0, 0.1) is 16.7 Å². The van der Waals surface area contributed by atoms with Crippen LogP contribution < -0.4 is 5.32 Å². The Bertz CT molecular complexity index is 369. The highest BCUT2D eigenvalue weighted by molar-refractivity contribution is 5.69. The van der Waals surface area contributed by atoms with Crippen LogP contribution in [-0.2, 0) is 4.74 Å². The van der Waals surface area contributed by atoms with Gasteiger partial charge in [-0.2, -0.15) is 0 Å². The predicted molar refractivity (Wildman–Crippen MR) is 89.5 cm³/mol. The van der Waals surface area contributed by atoms with E-state index in [0.29, 0.717) is 11.3 Å². The van der Waals surface area contributed by atoms with Gasteiger partial charge in [0.1, 0.15) is 0 Å². The first-order valence-corrected chi connectivity index (χ1v) is 8.99. The van der Waals surface area contributed by atoms with Gasteiger partial charge >= 0.3 is 0 Å². The fourth-order valence-electron chi connectivity index (χ4n) is 3.85. The second-order valence-corrected chi connectivity index (χ2v) is 7.61. The largest absolute Gasteiger partial charge is 0.481 e. The zero-order valence-electron chi connectivity index (χ0n) is 14.1. The smallest absolute Gasteiger partial charge is 0.177 e. The maximum absolute atomic E-state index is 7.43. The second-order valence-electron chi connectivity index (χ2n) is 7.61. The van der Waals surface area contributed by atoms with E-state index in [-0.39, 0.29) is 0 Å². The van der Waals surface area contributed by atoms with Crippen molar-refractivity contribution in [3.63, 3.8) is 0 Å². The summed E-state index contributed by atoms with van der Waals surface area (Å²) in [6.07, 6.45) is 5.26. The zero-order valence-corrected chi connectivity index (χ0v) is 14.1. The molecule has 126 valence electrons. The van der Waals surface area contributed by atoms with E-state index in [0.717, 1.165) is 25.6 Å². The van der Waals surface area contributed by atoms with Crippen molar-refractivity contribution in [3.8, 4) is 0 Å². The van der Waals surface area contributed by atoms with Crippen LogP contribution in [0.1, 0.15) is 32.6 Å². The molecule has 3 fully saturated rings. The van der Waals surface area contributed by atoms with Crippen LogP contribution in [0.3, 0.4) is 0 Å². The SMILES string of the molecule is CC(=N)OCC1(CN2CCC(CN3CCNCC3)CC2)CC1. The normalized spacial score (nSPS) is 26.8. The van der Waals surface area contributed by atoms with E-state index in [2.05, 4.69) is 15.1 Å². The highest BCUT2D eigenvalue weighted by atomic mass is 16.5. The molecule has 2 N–H and O–H groups in total. The summed E-state index contributed by atoms with van der Waals surface area (Å²) >= 11 is 0. The molecule has 1 aliphatic carbocycles. The van der Waals surface area contributed by atoms with Crippen molar-refractivity contribution in [1.82, 2.24) is 15.1 Å². The first-order chi connectivity index (χ1) is 10.7. The third-order valence-corrected chi connectivity index (χ3v) is 5.54. The van der Waals surface area contributed by atoms with Crippen molar-refractivity contribution in [1.29, 1.82) is 5.41 Å². The predicted octanol–water partition coefficient (Wildman–Crippen LogP) is 1.40. The van der Waals surface area contributed by atoms with Gasteiger partial charge in [-0.05, 0) is 44.7 Å². The van der Waals surface area contributed by atoms with E-state index in [9.17, 15) is 0 Å². The molecule has 0 bridgehead atoms. The van der Waals surface area contributed by atoms with E-state index in [1.165, 1.54) is 65.0 Å². The van der Waals surface area contributed by atoms with E-state index in [1.54, 1.807) is 6.92 Å². The number of ether oxygens (including phenoxy) is 1. The monoisotopic (exact) mass is 308 g/mol. The minimum Gasteiger partial charge on any atom is -0.481 e. The molecule has 1 saturated carbocycles. The van der Waals surface area contributed by atoms with Crippen molar-refractivity contribution in [3.05, 3.63) is 0 Å². The average Bonchev–Trinajstić information content (AvgIpc) is 3.29. The van der Waals surface area contributed by atoms with Crippen LogP contribution in [0.5, 0.6) is 0 Å². The van der Waals surface area contributed by atoms with Crippen molar-refractivity contribution in [2.24, 2.45) is 11.3 Å². The molecule has 3 rings (SSSR count). The Balaban J connectivity index is 1.35. The molecular formula is C17H32N4O. The lowest BCUT2D eigenvalue weighted by Gasteiger charge is -2.37. The summed E-state index contributed by atoms with van der Waals surface area (Å²) in [5, 5.41) is 10.9. The van der Waals surface area contributed by atoms with Crippen LogP contribution in [0.4, 0.5) is 0 Å². The summed E-state index contributed by atoms with van der Waals surface area (Å²) in [5.74, 6) is 1.26. The van der Waals surface area contributed by atoms with Crippen LogP contribution in [-0.4, -0.2) is 74.7 Å².